The Morgan fingerprint density at radius 2 is 0.844 bits per heavy atom. The van der Waals surface area contributed by atoms with Crippen LogP contribution in [0.1, 0.15) is 0 Å². The van der Waals surface area contributed by atoms with Gasteiger partial charge in [0.15, 0.2) is 23.3 Å². The summed E-state index contributed by atoms with van der Waals surface area (Å²) in [4.78, 5) is 35.4. The van der Waals surface area contributed by atoms with Crippen molar-refractivity contribution in [2.24, 2.45) is 0 Å². The smallest absolute Gasteiger partial charge is 0.295 e. The van der Waals surface area contributed by atoms with Crippen molar-refractivity contribution >= 4 is 54.3 Å². The molecule has 218 valence electrons. The minimum absolute atomic E-state index is 0. The number of aromatic amines is 2. The van der Waals surface area contributed by atoms with Crippen LogP contribution >= 0.6 is 0 Å². The number of H-pyrrole nitrogens is 2. The quantitative estimate of drug-likeness (QED) is 0.140. The van der Waals surface area contributed by atoms with Crippen molar-refractivity contribution in [2.45, 2.75) is 4.90 Å². The Kier molecular flexibility index (Phi) is 5.96. The molecular formula is C32H18FeN8O3S. The first kappa shape index (κ1) is 27.2. The molecule has 3 aromatic heterocycles. The third-order valence-corrected chi connectivity index (χ3v) is 8.72. The molecule has 0 saturated heterocycles. The van der Waals surface area contributed by atoms with E-state index < -0.39 is 10.1 Å². The van der Waals surface area contributed by atoms with Crippen LogP contribution in [-0.4, -0.2) is 52.8 Å². The number of benzene rings is 4. The van der Waals surface area contributed by atoms with Gasteiger partial charge in [-0.1, -0.05) is 84.9 Å². The van der Waals surface area contributed by atoms with Gasteiger partial charge in [0, 0.05) is 60.9 Å². The van der Waals surface area contributed by atoms with E-state index in [9.17, 15) is 13.0 Å². The normalized spacial score (nSPS) is 12.1. The molecule has 3 N–H and O–H groups in total. The Balaban J connectivity index is 0.00000300. The molecule has 0 radical (unpaired) electrons. The summed E-state index contributed by atoms with van der Waals surface area (Å²) in [5, 5.41) is 2.36. The fourth-order valence-corrected chi connectivity index (χ4v) is 6.59. The van der Waals surface area contributed by atoms with E-state index in [4.69, 9.17) is 29.9 Å². The Morgan fingerprint density at radius 1 is 0.467 bits per heavy atom. The molecule has 2 aliphatic heterocycles. The minimum atomic E-state index is -4.62. The number of aromatic nitrogens is 8. The summed E-state index contributed by atoms with van der Waals surface area (Å²) in [5.74, 6) is 1.60. The van der Waals surface area contributed by atoms with Crippen molar-refractivity contribution in [3.63, 3.8) is 0 Å². The molecule has 0 amide bonds. The van der Waals surface area contributed by atoms with Gasteiger partial charge in [0.2, 0.25) is 0 Å². The monoisotopic (exact) mass is 650 g/mol. The van der Waals surface area contributed by atoms with E-state index in [1.165, 1.54) is 6.07 Å². The molecule has 8 bridgehead atoms. The van der Waals surface area contributed by atoms with Crippen LogP contribution in [0.25, 0.3) is 89.7 Å². The summed E-state index contributed by atoms with van der Waals surface area (Å²) in [7, 11) is -4.62. The zero-order valence-corrected chi connectivity index (χ0v) is 24.8. The van der Waals surface area contributed by atoms with Crippen LogP contribution in [0.5, 0.6) is 0 Å². The van der Waals surface area contributed by atoms with Crippen LogP contribution in [0.4, 0.5) is 0 Å². The van der Waals surface area contributed by atoms with Crippen LogP contribution in [0.2, 0.25) is 0 Å². The van der Waals surface area contributed by atoms with Crippen LogP contribution in [0.15, 0.2) is 95.9 Å². The molecule has 5 heterocycles. The number of rotatable bonds is 1. The summed E-state index contributed by atoms with van der Waals surface area (Å²) in [6.07, 6.45) is 0. The van der Waals surface area contributed by atoms with Gasteiger partial charge in [0.25, 0.3) is 10.1 Å². The average Bonchev–Trinajstić information content (AvgIpc) is 3.76. The van der Waals surface area contributed by atoms with E-state index in [1.807, 2.05) is 72.8 Å². The third kappa shape index (κ3) is 4.17. The van der Waals surface area contributed by atoms with Crippen molar-refractivity contribution in [1.82, 2.24) is 39.9 Å². The fourth-order valence-electron chi connectivity index (χ4n) is 5.87. The molecular weight excluding hydrogens is 632 g/mol. The molecule has 0 saturated carbocycles. The van der Waals surface area contributed by atoms with Crippen molar-refractivity contribution in [3.8, 4) is 45.6 Å². The predicted molar refractivity (Wildman–Crippen MR) is 166 cm³/mol. The van der Waals surface area contributed by atoms with Gasteiger partial charge in [-0.15, -0.1) is 0 Å². The summed E-state index contributed by atoms with van der Waals surface area (Å²) in [5.41, 5.74) is 4.68. The second kappa shape index (κ2) is 9.84. The molecule has 13 heteroatoms. The van der Waals surface area contributed by atoms with E-state index >= 15 is 0 Å². The van der Waals surface area contributed by atoms with Crippen LogP contribution in [0, 0.1) is 0 Å². The molecule has 0 unspecified atom stereocenters. The molecule has 7 aromatic rings. The summed E-state index contributed by atoms with van der Waals surface area (Å²) >= 11 is 0. The molecule has 11 nitrogen and oxygen atoms in total. The number of nitrogens with zero attached hydrogens (tertiary/aromatic N) is 6. The van der Waals surface area contributed by atoms with Gasteiger partial charge in [-0.2, -0.15) is 8.42 Å². The van der Waals surface area contributed by atoms with E-state index in [2.05, 4.69) is 9.97 Å². The van der Waals surface area contributed by atoms with Crippen LogP contribution < -0.4 is 0 Å². The fraction of sp³-hybridized carbons (Fsp3) is 0. The van der Waals surface area contributed by atoms with Gasteiger partial charge >= 0.3 is 0 Å². The topological polar surface area (TPSA) is 163 Å². The summed E-state index contributed by atoms with van der Waals surface area (Å²) in [6.45, 7) is 0. The zero-order chi connectivity index (χ0) is 29.6. The molecule has 4 aromatic carbocycles. The van der Waals surface area contributed by atoms with Gasteiger partial charge in [-0.05, 0) is 6.07 Å². The summed E-state index contributed by atoms with van der Waals surface area (Å²) in [6, 6.07) is 27.6. The zero-order valence-electron chi connectivity index (χ0n) is 22.9. The van der Waals surface area contributed by atoms with E-state index in [-0.39, 0.29) is 33.0 Å². The standard InChI is InChI=1S/C32H18N8O3S.Fe/c41-44(42,43)23-15-7-14-22-24(23)32-39-30-21-13-6-5-12-20(21)28(37-30)35-26-17-9-2-1-8-16(17)25(33-26)34-27-18-10-3-4-11-19(18)29(36-27)38-31(22)40-32;/h1-15H,(H,41,42,43)(H2,33,34,35,36,37,38,39,40);. The predicted octanol–water partition coefficient (Wildman–Crippen LogP) is 6.11. The summed E-state index contributed by atoms with van der Waals surface area (Å²) < 4.78 is 35.2. The van der Waals surface area contributed by atoms with Gasteiger partial charge < -0.3 is 9.97 Å². The van der Waals surface area contributed by atoms with Crippen LogP contribution in [-0.2, 0) is 27.2 Å². The van der Waals surface area contributed by atoms with E-state index in [0.717, 1.165) is 33.0 Å². The number of hydrogen-bond donors (Lipinski definition) is 3. The Labute approximate surface area is 264 Å². The number of nitrogens with one attached hydrogen (secondary N) is 2. The molecule has 2 aliphatic rings. The van der Waals surface area contributed by atoms with Gasteiger partial charge in [-0.25, -0.2) is 29.9 Å². The first-order valence-electron chi connectivity index (χ1n) is 13.6. The number of hydrogen-bond acceptors (Lipinski definition) is 8. The van der Waals surface area contributed by atoms with Crippen LogP contribution in [0.3, 0.4) is 0 Å². The molecule has 9 rings (SSSR count). The van der Waals surface area contributed by atoms with Crippen molar-refractivity contribution < 1.29 is 30.0 Å². The maximum absolute atomic E-state index is 12.5. The van der Waals surface area contributed by atoms with E-state index in [0.29, 0.717) is 45.6 Å². The maximum Gasteiger partial charge on any atom is 0.295 e. The molecule has 0 fully saturated rings. The first-order valence-corrected chi connectivity index (χ1v) is 15.1. The SMILES string of the molecule is O=S(=O)(O)c1cccc2c3nc4nc(nc5[nH]c(nc6nc(nc([nH]3)c12)-c1ccccc1-6)c1ccccc51)-c1ccccc1-4.[Fe]. The van der Waals surface area contributed by atoms with Crippen molar-refractivity contribution in [2.75, 3.05) is 0 Å². The molecule has 0 aliphatic carbocycles. The Bertz CT molecular complexity index is 2660. The molecule has 0 spiro atoms. The average molecular weight is 650 g/mol. The second-order valence-corrected chi connectivity index (χ2v) is 11.8. The second-order valence-electron chi connectivity index (χ2n) is 10.4. The maximum atomic E-state index is 12.5. The van der Waals surface area contributed by atoms with Gasteiger partial charge in [-0.3, -0.25) is 4.55 Å². The first-order chi connectivity index (χ1) is 21.4. The van der Waals surface area contributed by atoms with E-state index in [1.54, 1.807) is 12.1 Å². The Hall–Kier alpha value is -5.33. The van der Waals surface area contributed by atoms with Gasteiger partial charge in [0.05, 0.1) is 0 Å². The number of fused-ring (bicyclic) bond motifs is 20. The minimum Gasteiger partial charge on any atom is -0.324 e. The van der Waals surface area contributed by atoms with Crippen molar-refractivity contribution in [3.05, 3.63) is 91.0 Å². The largest absolute Gasteiger partial charge is 0.324 e. The Morgan fingerprint density at radius 3 is 1.31 bits per heavy atom. The third-order valence-electron chi connectivity index (χ3n) is 7.82. The molecule has 45 heavy (non-hydrogen) atoms. The van der Waals surface area contributed by atoms with Crippen molar-refractivity contribution in [1.29, 1.82) is 0 Å². The van der Waals surface area contributed by atoms with Gasteiger partial charge in [0.1, 0.15) is 27.5 Å². The molecule has 0 atom stereocenters.